The van der Waals surface area contributed by atoms with E-state index >= 15 is 0 Å². The van der Waals surface area contributed by atoms with Crippen molar-refractivity contribution in [3.8, 4) is 0 Å². The fourth-order valence-electron chi connectivity index (χ4n) is 2.57. The minimum Gasteiger partial charge on any atom is -0.350 e. The first-order valence-corrected chi connectivity index (χ1v) is 7.66. The highest BCUT2D eigenvalue weighted by Crippen LogP contribution is 2.29. The molecule has 3 rings (SSSR count). The number of nitrogens with zero attached hydrogens (tertiary/aromatic N) is 3. The van der Waals surface area contributed by atoms with Gasteiger partial charge in [-0.2, -0.15) is 16.7 Å². The van der Waals surface area contributed by atoms with Gasteiger partial charge in [0.15, 0.2) is 5.65 Å². The first kappa shape index (κ1) is 11.8. The standard InChI is InChI=1S/C13H18N4S/c1-9-4-3-7-17-12(9)15-13(16-17)14-10-5-6-11(8-10)18-2/h3-4,7,10-11H,5-6,8H2,1-2H3,(H,14,16). The van der Waals surface area contributed by atoms with E-state index in [9.17, 15) is 0 Å². The van der Waals surface area contributed by atoms with Crippen molar-refractivity contribution in [2.24, 2.45) is 0 Å². The lowest BCUT2D eigenvalue weighted by Crippen LogP contribution is -2.16. The van der Waals surface area contributed by atoms with Crippen molar-refractivity contribution >= 4 is 23.4 Å². The molecule has 2 heterocycles. The summed E-state index contributed by atoms with van der Waals surface area (Å²) in [6, 6.07) is 4.59. The van der Waals surface area contributed by atoms with Crippen molar-refractivity contribution in [1.82, 2.24) is 14.6 Å². The molecule has 0 aromatic carbocycles. The molecule has 96 valence electrons. The van der Waals surface area contributed by atoms with Gasteiger partial charge in [0.25, 0.3) is 0 Å². The third-order valence-corrected chi connectivity index (χ3v) is 4.70. The highest BCUT2D eigenvalue weighted by atomic mass is 32.2. The van der Waals surface area contributed by atoms with Crippen LogP contribution >= 0.6 is 11.8 Å². The maximum absolute atomic E-state index is 4.56. The summed E-state index contributed by atoms with van der Waals surface area (Å²) in [6.07, 6.45) is 7.88. The van der Waals surface area contributed by atoms with Gasteiger partial charge in [-0.1, -0.05) is 6.07 Å². The zero-order valence-electron chi connectivity index (χ0n) is 10.8. The molecule has 0 aliphatic heterocycles. The first-order chi connectivity index (χ1) is 8.76. The van der Waals surface area contributed by atoms with E-state index in [-0.39, 0.29) is 0 Å². The lowest BCUT2D eigenvalue weighted by atomic mass is 10.2. The van der Waals surface area contributed by atoms with Crippen LogP contribution in [-0.2, 0) is 0 Å². The molecular formula is C13H18N4S. The summed E-state index contributed by atoms with van der Waals surface area (Å²) in [4.78, 5) is 4.56. The molecular weight excluding hydrogens is 244 g/mol. The molecule has 2 unspecified atom stereocenters. The number of pyridine rings is 1. The number of thioether (sulfide) groups is 1. The van der Waals surface area contributed by atoms with E-state index in [2.05, 4.69) is 34.6 Å². The van der Waals surface area contributed by atoms with Gasteiger partial charge < -0.3 is 5.32 Å². The van der Waals surface area contributed by atoms with Crippen molar-refractivity contribution in [2.45, 2.75) is 37.5 Å². The lowest BCUT2D eigenvalue weighted by Gasteiger charge is -2.10. The molecule has 1 fully saturated rings. The fraction of sp³-hybridized carbons (Fsp3) is 0.538. The second-order valence-corrected chi connectivity index (χ2v) is 6.04. The zero-order valence-corrected chi connectivity index (χ0v) is 11.6. The van der Waals surface area contributed by atoms with E-state index in [1.165, 1.54) is 19.3 Å². The average Bonchev–Trinajstić information content (AvgIpc) is 2.96. The topological polar surface area (TPSA) is 42.2 Å². The minimum atomic E-state index is 0.528. The first-order valence-electron chi connectivity index (χ1n) is 6.37. The average molecular weight is 262 g/mol. The number of anilines is 1. The predicted octanol–water partition coefficient (Wildman–Crippen LogP) is 2.73. The predicted molar refractivity (Wildman–Crippen MR) is 76.3 cm³/mol. The van der Waals surface area contributed by atoms with E-state index < -0.39 is 0 Å². The molecule has 0 saturated heterocycles. The summed E-state index contributed by atoms with van der Waals surface area (Å²) in [5, 5.41) is 8.73. The van der Waals surface area contributed by atoms with Gasteiger partial charge in [0.2, 0.25) is 5.95 Å². The third kappa shape index (κ3) is 2.19. The molecule has 1 aliphatic carbocycles. The normalized spacial score (nSPS) is 23.7. The highest BCUT2D eigenvalue weighted by Gasteiger charge is 2.24. The smallest absolute Gasteiger partial charge is 0.243 e. The van der Waals surface area contributed by atoms with Gasteiger partial charge in [-0.15, -0.1) is 5.10 Å². The molecule has 4 nitrogen and oxygen atoms in total. The molecule has 0 spiro atoms. The number of hydrogen-bond acceptors (Lipinski definition) is 4. The van der Waals surface area contributed by atoms with Gasteiger partial charge in [-0.25, -0.2) is 4.52 Å². The van der Waals surface area contributed by atoms with Crippen LogP contribution in [0.25, 0.3) is 5.65 Å². The number of hydrogen-bond donors (Lipinski definition) is 1. The van der Waals surface area contributed by atoms with Crippen molar-refractivity contribution in [2.75, 3.05) is 11.6 Å². The molecule has 2 aromatic heterocycles. The van der Waals surface area contributed by atoms with Gasteiger partial charge >= 0.3 is 0 Å². The largest absolute Gasteiger partial charge is 0.350 e. The van der Waals surface area contributed by atoms with Crippen LogP contribution in [0.3, 0.4) is 0 Å². The second-order valence-electron chi connectivity index (χ2n) is 4.91. The zero-order chi connectivity index (χ0) is 12.5. The molecule has 0 radical (unpaired) electrons. The molecule has 18 heavy (non-hydrogen) atoms. The Morgan fingerprint density at radius 2 is 2.33 bits per heavy atom. The van der Waals surface area contributed by atoms with Crippen LogP contribution < -0.4 is 5.32 Å². The Balaban J connectivity index is 1.77. The maximum atomic E-state index is 4.56. The monoisotopic (exact) mass is 262 g/mol. The minimum absolute atomic E-state index is 0.528. The molecule has 1 saturated carbocycles. The summed E-state index contributed by atoms with van der Waals surface area (Å²) in [5.74, 6) is 0.760. The van der Waals surface area contributed by atoms with E-state index in [0.29, 0.717) is 6.04 Å². The number of nitrogens with one attached hydrogen (secondary N) is 1. The summed E-state index contributed by atoms with van der Waals surface area (Å²) < 4.78 is 1.85. The molecule has 1 aliphatic rings. The van der Waals surface area contributed by atoms with Crippen LogP contribution in [0.4, 0.5) is 5.95 Å². The summed E-state index contributed by atoms with van der Waals surface area (Å²) >= 11 is 1.97. The van der Waals surface area contributed by atoms with Crippen molar-refractivity contribution in [3.63, 3.8) is 0 Å². The highest BCUT2D eigenvalue weighted by molar-refractivity contribution is 7.99. The van der Waals surface area contributed by atoms with Crippen LogP contribution in [0, 0.1) is 6.92 Å². The van der Waals surface area contributed by atoms with Gasteiger partial charge in [-0.3, -0.25) is 0 Å². The lowest BCUT2D eigenvalue weighted by molar-refractivity contribution is 0.744. The molecule has 5 heteroatoms. The number of fused-ring (bicyclic) bond motifs is 1. The quantitative estimate of drug-likeness (QED) is 0.923. The molecule has 1 N–H and O–H groups in total. The van der Waals surface area contributed by atoms with Crippen molar-refractivity contribution in [3.05, 3.63) is 23.9 Å². The Morgan fingerprint density at radius 1 is 1.44 bits per heavy atom. The van der Waals surface area contributed by atoms with Gasteiger partial charge in [0.1, 0.15) is 0 Å². The van der Waals surface area contributed by atoms with E-state index in [4.69, 9.17) is 0 Å². The van der Waals surface area contributed by atoms with E-state index in [1.54, 1.807) is 0 Å². The maximum Gasteiger partial charge on any atom is 0.243 e. The Labute approximate surface area is 111 Å². The van der Waals surface area contributed by atoms with Crippen LogP contribution in [0.1, 0.15) is 24.8 Å². The van der Waals surface area contributed by atoms with Crippen molar-refractivity contribution in [1.29, 1.82) is 0 Å². The number of rotatable bonds is 3. The SMILES string of the molecule is CSC1CCC(Nc2nc3c(C)cccn3n2)C1. The molecule has 0 amide bonds. The van der Waals surface area contributed by atoms with Crippen LogP contribution in [-0.4, -0.2) is 32.1 Å². The van der Waals surface area contributed by atoms with E-state index in [0.717, 1.165) is 22.4 Å². The Morgan fingerprint density at radius 3 is 3.06 bits per heavy atom. The van der Waals surface area contributed by atoms with Crippen LogP contribution in [0.15, 0.2) is 18.3 Å². The Hall–Kier alpha value is -1.23. The molecule has 2 aromatic rings. The molecule has 0 bridgehead atoms. The number of aromatic nitrogens is 3. The van der Waals surface area contributed by atoms with Gasteiger partial charge in [0, 0.05) is 17.5 Å². The number of aryl methyl sites for hydroxylation is 1. The van der Waals surface area contributed by atoms with Crippen molar-refractivity contribution < 1.29 is 0 Å². The van der Waals surface area contributed by atoms with Crippen LogP contribution in [0.5, 0.6) is 0 Å². The molecule has 2 atom stereocenters. The van der Waals surface area contributed by atoms with Gasteiger partial charge in [-0.05, 0) is 44.1 Å². The Kier molecular flexibility index (Phi) is 3.16. The van der Waals surface area contributed by atoms with Crippen LogP contribution in [0.2, 0.25) is 0 Å². The van der Waals surface area contributed by atoms with Gasteiger partial charge in [0.05, 0.1) is 0 Å². The van der Waals surface area contributed by atoms with E-state index in [1.807, 2.05) is 28.5 Å². The summed E-state index contributed by atoms with van der Waals surface area (Å²) in [5.41, 5.74) is 2.10. The second kappa shape index (κ2) is 4.80. The summed E-state index contributed by atoms with van der Waals surface area (Å²) in [7, 11) is 0. The Bertz CT molecular complexity index is 551. The third-order valence-electron chi connectivity index (χ3n) is 3.61. The summed E-state index contributed by atoms with van der Waals surface area (Å²) in [6.45, 7) is 2.06. The fourth-order valence-corrected chi connectivity index (χ4v) is 3.37.